The van der Waals surface area contributed by atoms with E-state index in [0.29, 0.717) is 29.1 Å². The van der Waals surface area contributed by atoms with Gasteiger partial charge >= 0.3 is 0 Å². The number of carbonyl (C=O) groups is 1. The van der Waals surface area contributed by atoms with E-state index in [0.717, 1.165) is 44.9 Å². The van der Waals surface area contributed by atoms with Crippen LogP contribution in [0.4, 0.5) is 0 Å². The van der Waals surface area contributed by atoms with Crippen molar-refractivity contribution < 1.29 is 15.0 Å². The Balaban J connectivity index is 0.000000174. The van der Waals surface area contributed by atoms with E-state index < -0.39 is 0 Å². The van der Waals surface area contributed by atoms with Crippen molar-refractivity contribution in [1.82, 2.24) is 0 Å². The molecule has 2 aromatic rings. The summed E-state index contributed by atoms with van der Waals surface area (Å²) in [6.07, 6.45) is 13.4. The van der Waals surface area contributed by atoms with Gasteiger partial charge in [-0.05, 0) is 91.0 Å². The molecule has 4 aliphatic carbocycles. The number of carbonyl (C=O) groups excluding carboxylic acids is 1. The van der Waals surface area contributed by atoms with Crippen LogP contribution in [0.3, 0.4) is 0 Å². The first kappa shape index (κ1) is 22.4. The second-order valence-electron chi connectivity index (χ2n) is 9.65. The van der Waals surface area contributed by atoms with Crippen LogP contribution in [-0.4, -0.2) is 16.0 Å². The molecule has 0 radical (unpaired) electrons. The predicted octanol–water partition coefficient (Wildman–Crippen LogP) is 6.42. The van der Waals surface area contributed by atoms with Gasteiger partial charge in [-0.1, -0.05) is 50.3 Å². The molecule has 4 aliphatic rings. The largest absolute Gasteiger partial charge is 0.508 e. The van der Waals surface area contributed by atoms with Crippen LogP contribution >= 0.6 is 0 Å². The Morgan fingerprint density at radius 1 is 0.875 bits per heavy atom. The van der Waals surface area contributed by atoms with Gasteiger partial charge in [0.15, 0.2) is 0 Å². The molecule has 2 fully saturated rings. The fraction of sp³-hybridized carbons (Fsp3) is 0.414. The third kappa shape index (κ3) is 3.79. The van der Waals surface area contributed by atoms with Crippen LogP contribution in [0, 0.1) is 11.3 Å². The molecule has 3 nitrogen and oxygen atoms in total. The molecule has 3 heteroatoms. The normalized spacial score (nSPS) is 26.9. The van der Waals surface area contributed by atoms with Gasteiger partial charge in [-0.25, -0.2) is 0 Å². The number of Topliss-reactive ketones (excluding diaryl/α,β-unsaturated/α-hetero) is 1. The van der Waals surface area contributed by atoms with Crippen LogP contribution in [0.2, 0.25) is 0 Å². The molecule has 6 rings (SSSR count). The average molecular weight is 431 g/mol. The third-order valence-electron chi connectivity index (χ3n) is 7.91. The molecule has 32 heavy (non-hydrogen) atoms. The maximum atomic E-state index is 12.2. The van der Waals surface area contributed by atoms with Crippen LogP contribution < -0.4 is 0 Å². The van der Waals surface area contributed by atoms with Crippen molar-refractivity contribution in [3.8, 4) is 11.5 Å². The Morgan fingerprint density at radius 2 is 1.56 bits per heavy atom. The van der Waals surface area contributed by atoms with Crippen LogP contribution in [0.5, 0.6) is 11.5 Å². The van der Waals surface area contributed by atoms with Gasteiger partial charge in [0.05, 0.1) is 0 Å². The summed E-state index contributed by atoms with van der Waals surface area (Å²) in [6, 6.07) is 11.4. The standard InChI is InChI=1S/C18H20O2.C10H10O.CH4/c1-18-9-8-14-13-5-3-12(19)10-11(13)2-4-15(14)16(18)6-7-17(18)20;11-10-6-5-8-3-1-2-4-9(8)7-10;/h3-5,10,14,16,19H,2,6-9H2,1H3;1-2,5-7,11H,3-4H2;1H4/t14?,16?,18-;;/m0../s1. The summed E-state index contributed by atoms with van der Waals surface area (Å²) in [4.78, 5) is 12.2. The smallest absolute Gasteiger partial charge is 0.139 e. The number of phenols is 2. The van der Waals surface area contributed by atoms with Gasteiger partial charge < -0.3 is 10.2 Å². The van der Waals surface area contributed by atoms with Gasteiger partial charge in [-0.2, -0.15) is 0 Å². The zero-order valence-corrected chi connectivity index (χ0v) is 18.1. The SMILES string of the molecule is C.C[C@]12CCC3C(=CCc4cc(O)ccc43)C1CCC2=O.Oc1ccc2c(c1)CC=CC2. The number of ketones is 1. The lowest BCUT2D eigenvalue weighted by Gasteiger charge is -2.43. The highest BCUT2D eigenvalue weighted by Gasteiger charge is 2.52. The minimum absolute atomic E-state index is 0. The maximum absolute atomic E-state index is 12.2. The number of allylic oxidation sites excluding steroid dienone is 4. The lowest BCUT2D eigenvalue weighted by Crippen LogP contribution is -2.37. The second kappa shape index (κ2) is 8.61. The molecular formula is C29H34O3. The molecule has 2 aromatic carbocycles. The van der Waals surface area contributed by atoms with E-state index in [4.69, 9.17) is 5.11 Å². The molecule has 0 bridgehead atoms. The van der Waals surface area contributed by atoms with Crippen molar-refractivity contribution in [2.24, 2.45) is 11.3 Å². The predicted molar refractivity (Wildman–Crippen MR) is 129 cm³/mol. The molecule has 3 atom stereocenters. The molecule has 0 aromatic heterocycles. The molecule has 0 spiro atoms. The highest BCUT2D eigenvalue weighted by Crippen LogP contribution is 2.57. The topological polar surface area (TPSA) is 57.5 Å². The summed E-state index contributed by atoms with van der Waals surface area (Å²) in [5.74, 6) is 2.13. The fourth-order valence-corrected chi connectivity index (χ4v) is 6.15. The highest BCUT2D eigenvalue weighted by molar-refractivity contribution is 5.88. The molecule has 2 N–H and O–H groups in total. The van der Waals surface area contributed by atoms with Crippen LogP contribution in [0.1, 0.15) is 68.2 Å². The summed E-state index contributed by atoms with van der Waals surface area (Å²) in [5.41, 5.74) is 6.63. The fourth-order valence-electron chi connectivity index (χ4n) is 6.15. The van der Waals surface area contributed by atoms with Crippen molar-refractivity contribution in [2.45, 2.75) is 65.2 Å². The van der Waals surface area contributed by atoms with E-state index in [-0.39, 0.29) is 12.8 Å². The number of hydrogen-bond acceptors (Lipinski definition) is 3. The Bertz CT molecular complexity index is 1090. The quantitative estimate of drug-likeness (QED) is 0.474. The number of fused-ring (bicyclic) bond motifs is 6. The number of rotatable bonds is 0. The van der Waals surface area contributed by atoms with E-state index in [1.165, 1.54) is 27.8 Å². The maximum Gasteiger partial charge on any atom is 0.139 e. The van der Waals surface area contributed by atoms with Crippen molar-refractivity contribution in [1.29, 1.82) is 0 Å². The Morgan fingerprint density at radius 3 is 2.34 bits per heavy atom. The molecule has 2 unspecified atom stereocenters. The Labute approximate surface area is 191 Å². The van der Waals surface area contributed by atoms with Gasteiger partial charge in [0.2, 0.25) is 0 Å². The van der Waals surface area contributed by atoms with Crippen molar-refractivity contribution in [3.63, 3.8) is 0 Å². The van der Waals surface area contributed by atoms with Crippen molar-refractivity contribution in [3.05, 3.63) is 82.5 Å². The lowest BCUT2D eigenvalue weighted by molar-refractivity contribution is -0.126. The third-order valence-corrected chi connectivity index (χ3v) is 7.91. The average Bonchev–Trinajstić information content (AvgIpc) is 3.08. The zero-order chi connectivity index (χ0) is 21.6. The molecule has 0 aliphatic heterocycles. The number of benzene rings is 2. The van der Waals surface area contributed by atoms with E-state index in [1.807, 2.05) is 18.2 Å². The van der Waals surface area contributed by atoms with Gasteiger partial charge in [-0.15, -0.1) is 0 Å². The minimum atomic E-state index is -0.100. The summed E-state index contributed by atoms with van der Waals surface area (Å²) in [7, 11) is 0. The van der Waals surface area contributed by atoms with E-state index in [9.17, 15) is 9.90 Å². The Kier molecular flexibility index (Phi) is 6.03. The first-order chi connectivity index (χ1) is 15.0. The highest BCUT2D eigenvalue weighted by atomic mass is 16.3. The molecule has 168 valence electrons. The first-order valence-electron chi connectivity index (χ1n) is 11.5. The number of aromatic hydroxyl groups is 2. The summed E-state index contributed by atoms with van der Waals surface area (Å²) < 4.78 is 0. The van der Waals surface area contributed by atoms with Gasteiger partial charge in [0.25, 0.3) is 0 Å². The Hall–Kier alpha value is -2.81. The monoisotopic (exact) mass is 430 g/mol. The summed E-state index contributed by atoms with van der Waals surface area (Å²) in [5, 5.41) is 18.8. The van der Waals surface area contributed by atoms with E-state index in [2.05, 4.69) is 31.2 Å². The molecular weight excluding hydrogens is 396 g/mol. The van der Waals surface area contributed by atoms with Crippen LogP contribution in [0.15, 0.2) is 60.2 Å². The summed E-state index contributed by atoms with van der Waals surface area (Å²) in [6.45, 7) is 2.18. The van der Waals surface area contributed by atoms with Crippen molar-refractivity contribution in [2.75, 3.05) is 0 Å². The van der Waals surface area contributed by atoms with Gasteiger partial charge in [-0.3, -0.25) is 4.79 Å². The van der Waals surface area contributed by atoms with Crippen molar-refractivity contribution >= 4 is 5.78 Å². The lowest BCUT2D eigenvalue weighted by atomic mass is 9.60. The number of phenolic OH excluding ortho intramolecular Hbond substituents is 2. The van der Waals surface area contributed by atoms with E-state index >= 15 is 0 Å². The summed E-state index contributed by atoms with van der Waals surface area (Å²) >= 11 is 0. The minimum Gasteiger partial charge on any atom is -0.508 e. The van der Waals surface area contributed by atoms with E-state index in [1.54, 1.807) is 12.1 Å². The van der Waals surface area contributed by atoms with Gasteiger partial charge in [0.1, 0.15) is 17.3 Å². The molecule has 0 heterocycles. The first-order valence-corrected chi connectivity index (χ1v) is 11.5. The molecule has 0 saturated heterocycles. The second-order valence-corrected chi connectivity index (χ2v) is 9.65. The molecule has 0 amide bonds. The van der Waals surface area contributed by atoms with Crippen LogP contribution in [0.25, 0.3) is 0 Å². The zero-order valence-electron chi connectivity index (χ0n) is 18.1. The van der Waals surface area contributed by atoms with Gasteiger partial charge in [0, 0.05) is 17.8 Å². The number of hydrogen-bond donors (Lipinski definition) is 2. The van der Waals surface area contributed by atoms with Crippen LogP contribution in [-0.2, 0) is 24.1 Å². The molecule has 2 saturated carbocycles.